The van der Waals surface area contributed by atoms with E-state index in [9.17, 15) is 9.18 Å². The zero-order chi connectivity index (χ0) is 20.3. The molecule has 1 heterocycles. The third-order valence-electron chi connectivity index (χ3n) is 4.48. The number of halogens is 1. The monoisotopic (exact) mass is 378 g/mol. The van der Waals surface area contributed by atoms with Crippen LogP contribution >= 0.6 is 0 Å². The second-order valence-corrected chi connectivity index (χ2v) is 6.26. The first-order valence-electron chi connectivity index (χ1n) is 8.64. The lowest BCUT2D eigenvalue weighted by atomic mass is 10.1. The van der Waals surface area contributed by atoms with Crippen molar-refractivity contribution in [2.75, 3.05) is 13.7 Å². The molecule has 1 aromatic heterocycles. The first-order chi connectivity index (χ1) is 13.5. The summed E-state index contributed by atoms with van der Waals surface area (Å²) in [5.74, 6) is 0.158. The fourth-order valence-electron chi connectivity index (χ4n) is 3.13. The molecule has 6 heteroatoms. The largest absolute Gasteiger partial charge is 0.493 e. The zero-order valence-electron chi connectivity index (χ0n) is 15.8. The number of rotatable bonds is 6. The van der Waals surface area contributed by atoms with E-state index in [1.54, 1.807) is 54.0 Å². The number of ketones is 1. The zero-order valence-corrected chi connectivity index (χ0v) is 15.8. The van der Waals surface area contributed by atoms with Gasteiger partial charge in [-0.3, -0.25) is 4.79 Å². The van der Waals surface area contributed by atoms with E-state index >= 15 is 0 Å². The second-order valence-electron chi connectivity index (χ2n) is 6.26. The van der Waals surface area contributed by atoms with Crippen LogP contribution in [0.2, 0.25) is 0 Å². The van der Waals surface area contributed by atoms with Gasteiger partial charge in [0.1, 0.15) is 5.82 Å². The van der Waals surface area contributed by atoms with Crippen LogP contribution in [0, 0.1) is 31.0 Å². The van der Waals surface area contributed by atoms with Crippen LogP contribution in [-0.4, -0.2) is 24.1 Å². The van der Waals surface area contributed by atoms with Crippen LogP contribution in [-0.2, 0) is 0 Å². The van der Waals surface area contributed by atoms with Crippen molar-refractivity contribution in [3.05, 3.63) is 76.9 Å². The average molecular weight is 378 g/mol. The highest BCUT2D eigenvalue weighted by atomic mass is 19.1. The second kappa shape index (κ2) is 7.97. The first kappa shape index (κ1) is 19.2. The van der Waals surface area contributed by atoms with Crippen LogP contribution < -0.4 is 9.47 Å². The van der Waals surface area contributed by atoms with Crippen molar-refractivity contribution < 1.29 is 18.7 Å². The molecule has 3 rings (SSSR count). The fraction of sp³-hybridized carbons (Fsp3) is 0.182. The Morgan fingerprint density at radius 2 is 1.89 bits per heavy atom. The number of hydrogen-bond acceptors (Lipinski definition) is 4. The number of aryl methyl sites for hydroxylation is 1. The van der Waals surface area contributed by atoms with Crippen molar-refractivity contribution in [3.63, 3.8) is 0 Å². The summed E-state index contributed by atoms with van der Waals surface area (Å²) in [6.45, 7) is 3.39. The Morgan fingerprint density at radius 1 is 1.14 bits per heavy atom. The van der Waals surface area contributed by atoms with Crippen molar-refractivity contribution in [2.45, 2.75) is 13.8 Å². The summed E-state index contributed by atoms with van der Waals surface area (Å²) in [7, 11) is 1.47. The number of nitriles is 1. The van der Waals surface area contributed by atoms with Gasteiger partial charge in [0, 0.05) is 23.0 Å². The van der Waals surface area contributed by atoms with E-state index in [2.05, 4.69) is 0 Å². The number of hydrogen-bond donors (Lipinski definition) is 0. The molecular formula is C22H19FN2O3. The molecule has 5 nitrogen and oxygen atoms in total. The van der Waals surface area contributed by atoms with E-state index in [1.807, 2.05) is 13.0 Å². The van der Waals surface area contributed by atoms with E-state index in [4.69, 9.17) is 14.7 Å². The molecule has 0 aliphatic rings. The Hall–Kier alpha value is -3.59. The molecule has 0 unspecified atom stereocenters. The molecule has 3 aromatic rings. The van der Waals surface area contributed by atoms with Crippen LogP contribution in [0.25, 0.3) is 5.69 Å². The minimum atomic E-state index is -0.359. The summed E-state index contributed by atoms with van der Waals surface area (Å²) in [6, 6.07) is 14.9. The van der Waals surface area contributed by atoms with Crippen molar-refractivity contribution in [1.82, 2.24) is 4.57 Å². The van der Waals surface area contributed by atoms with Crippen LogP contribution in [0.4, 0.5) is 4.39 Å². The molecule has 0 aliphatic carbocycles. The molecule has 28 heavy (non-hydrogen) atoms. The lowest BCUT2D eigenvalue weighted by molar-refractivity contribution is 0.0919. The fourth-order valence-corrected chi connectivity index (χ4v) is 3.13. The van der Waals surface area contributed by atoms with E-state index in [0.29, 0.717) is 34.0 Å². The van der Waals surface area contributed by atoms with E-state index < -0.39 is 0 Å². The third-order valence-corrected chi connectivity index (χ3v) is 4.48. The van der Waals surface area contributed by atoms with Crippen LogP contribution in [0.3, 0.4) is 0 Å². The standard InChI is InChI=1S/C22H19FN2O3/c1-14-10-17(15(2)25(14)19-7-5-4-6-18(19)23)20(26)13-28-21-9-8-16(12-24)11-22(21)27-3/h4-11H,13H2,1-3H3. The summed E-state index contributed by atoms with van der Waals surface area (Å²) in [4.78, 5) is 12.7. The van der Waals surface area contributed by atoms with Gasteiger partial charge in [-0.1, -0.05) is 12.1 Å². The molecule has 0 amide bonds. The molecule has 2 aromatic carbocycles. The molecule has 0 saturated carbocycles. The highest BCUT2D eigenvalue weighted by Crippen LogP contribution is 2.28. The predicted octanol–water partition coefficient (Wildman–Crippen LogP) is 4.38. The number of ether oxygens (including phenoxy) is 2. The lowest BCUT2D eigenvalue weighted by Gasteiger charge is -2.12. The smallest absolute Gasteiger partial charge is 0.202 e. The number of benzene rings is 2. The van der Waals surface area contributed by atoms with Crippen LogP contribution in [0.5, 0.6) is 11.5 Å². The maximum absolute atomic E-state index is 14.2. The quantitative estimate of drug-likeness (QED) is 0.597. The van der Waals surface area contributed by atoms with Gasteiger partial charge < -0.3 is 14.0 Å². The number of carbonyl (C=O) groups excluding carboxylic acids is 1. The SMILES string of the molecule is COc1cc(C#N)ccc1OCC(=O)c1cc(C)n(-c2ccccc2F)c1C. The van der Waals surface area contributed by atoms with Gasteiger partial charge in [-0.25, -0.2) is 4.39 Å². The Balaban J connectivity index is 1.84. The molecule has 0 spiro atoms. The molecule has 0 radical (unpaired) electrons. The molecule has 0 saturated heterocycles. The van der Waals surface area contributed by atoms with Crippen molar-refractivity contribution >= 4 is 5.78 Å². The first-order valence-corrected chi connectivity index (χ1v) is 8.64. The number of nitrogens with zero attached hydrogens (tertiary/aromatic N) is 2. The maximum atomic E-state index is 14.2. The normalized spacial score (nSPS) is 10.4. The van der Waals surface area contributed by atoms with Crippen molar-refractivity contribution in [1.29, 1.82) is 5.26 Å². The minimum Gasteiger partial charge on any atom is -0.493 e. The molecule has 0 aliphatic heterocycles. The van der Waals surface area contributed by atoms with Gasteiger partial charge in [-0.15, -0.1) is 0 Å². The Kier molecular flexibility index (Phi) is 5.46. The topological polar surface area (TPSA) is 64.2 Å². The van der Waals surface area contributed by atoms with Gasteiger partial charge >= 0.3 is 0 Å². The Morgan fingerprint density at radius 3 is 2.57 bits per heavy atom. The van der Waals surface area contributed by atoms with Crippen LogP contribution in [0.15, 0.2) is 48.5 Å². The number of aromatic nitrogens is 1. The molecule has 0 atom stereocenters. The van der Waals surface area contributed by atoms with Gasteiger partial charge in [0.05, 0.1) is 24.4 Å². The summed E-state index contributed by atoms with van der Waals surface area (Å²) in [5, 5.41) is 8.96. The average Bonchev–Trinajstić information content (AvgIpc) is 3.00. The summed E-state index contributed by atoms with van der Waals surface area (Å²) in [5.41, 5.74) is 2.69. The molecule has 0 fully saturated rings. The summed E-state index contributed by atoms with van der Waals surface area (Å²) >= 11 is 0. The number of Topliss-reactive ketones (excluding diaryl/α,β-unsaturated/α-hetero) is 1. The summed E-state index contributed by atoms with van der Waals surface area (Å²) < 4.78 is 26.7. The molecule has 142 valence electrons. The summed E-state index contributed by atoms with van der Waals surface area (Å²) in [6.07, 6.45) is 0. The van der Waals surface area contributed by atoms with Crippen molar-refractivity contribution in [2.24, 2.45) is 0 Å². The predicted molar refractivity (Wildman–Crippen MR) is 103 cm³/mol. The maximum Gasteiger partial charge on any atom is 0.202 e. The third kappa shape index (κ3) is 3.60. The number of para-hydroxylation sites is 1. The van der Waals surface area contributed by atoms with Gasteiger partial charge in [0.15, 0.2) is 18.1 Å². The Bertz CT molecular complexity index is 1080. The van der Waals surface area contributed by atoms with E-state index in [0.717, 1.165) is 5.69 Å². The van der Waals surface area contributed by atoms with Gasteiger partial charge in [0.2, 0.25) is 5.78 Å². The number of methoxy groups -OCH3 is 1. The molecule has 0 bridgehead atoms. The molecule has 0 N–H and O–H groups in total. The van der Waals surface area contributed by atoms with Gasteiger partial charge in [0.25, 0.3) is 0 Å². The van der Waals surface area contributed by atoms with Gasteiger partial charge in [-0.05, 0) is 44.2 Å². The number of carbonyl (C=O) groups is 1. The highest BCUT2D eigenvalue weighted by Gasteiger charge is 2.19. The van der Waals surface area contributed by atoms with Crippen molar-refractivity contribution in [3.8, 4) is 23.3 Å². The highest BCUT2D eigenvalue weighted by molar-refractivity contribution is 5.98. The Labute approximate surface area is 162 Å². The lowest BCUT2D eigenvalue weighted by Crippen LogP contribution is -2.13. The minimum absolute atomic E-state index is 0.205. The van der Waals surface area contributed by atoms with E-state index in [1.165, 1.54) is 13.2 Å². The molecular weight excluding hydrogens is 359 g/mol. The van der Waals surface area contributed by atoms with Crippen LogP contribution in [0.1, 0.15) is 27.3 Å². The van der Waals surface area contributed by atoms with E-state index in [-0.39, 0.29) is 18.2 Å². The van der Waals surface area contributed by atoms with Gasteiger partial charge in [-0.2, -0.15) is 5.26 Å².